The number of anilines is 1. The van der Waals surface area contributed by atoms with Gasteiger partial charge in [-0.25, -0.2) is 8.42 Å². The van der Waals surface area contributed by atoms with Crippen LogP contribution in [0.3, 0.4) is 0 Å². The zero-order valence-corrected chi connectivity index (χ0v) is 13.3. The van der Waals surface area contributed by atoms with Crippen LogP contribution >= 0.6 is 0 Å². The number of hydrogen-bond acceptors (Lipinski definition) is 5. The van der Waals surface area contributed by atoms with Gasteiger partial charge in [0.05, 0.1) is 27.0 Å². The van der Waals surface area contributed by atoms with Gasteiger partial charge in [0.1, 0.15) is 22.1 Å². The summed E-state index contributed by atoms with van der Waals surface area (Å²) in [5.41, 5.74) is 0.342. The number of methoxy groups -OCH3 is 3. The predicted molar refractivity (Wildman–Crippen MR) is 83.3 cm³/mol. The van der Waals surface area contributed by atoms with Crippen LogP contribution in [0.5, 0.6) is 17.2 Å². The molecule has 6 nitrogen and oxygen atoms in total. The molecule has 0 aliphatic heterocycles. The lowest BCUT2D eigenvalue weighted by atomic mass is 10.3. The Morgan fingerprint density at radius 3 is 2.18 bits per heavy atom. The zero-order chi connectivity index (χ0) is 16.2. The summed E-state index contributed by atoms with van der Waals surface area (Å²) in [7, 11) is 0.486. The summed E-state index contributed by atoms with van der Waals surface area (Å²) in [6, 6.07) is 11.3. The highest BCUT2D eigenvalue weighted by molar-refractivity contribution is 7.92. The standard InChI is InChI=1S/C15H17NO5S/c1-19-11-8-9-14(21-3)15(10-11)22(17,18)16-12-6-4-5-7-13(12)20-2/h4-10,16H,1-3H3. The van der Waals surface area contributed by atoms with Crippen molar-refractivity contribution in [3.63, 3.8) is 0 Å². The first kappa shape index (κ1) is 16.0. The second-order valence-corrected chi connectivity index (χ2v) is 5.97. The number of sulfonamides is 1. The van der Waals surface area contributed by atoms with E-state index in [1.807, 2.05) is 0 Å². The average Bonchev–Trinajstić information content (AvgIpc) is 2.54. The summed E-state index contributed by atoms with van der Waals surface area (Å²) in [6.45, 7) is 0. The van der Waals surface area contributed by atoms with Gasteiger partial charge in [-0.1, -0.05) is 12.1 Å². The molecule has 0 fully saturated rings. The molecule has 0 saturated carbocycles. The molecule has 2 rings (SSSR count). The molecule has 0 unspecified atom stereocenters. The van der Waals surface area contributed by atoms with Gasteiger partial charge in [0.15, 0.2) is 0 Å². The topological polar surface area (TPSA) is 73.9 Å². The number of rotatable bonds is 6. The fourth-order valence-corrected chi connectivity index (χ4v) is 3.18. The van der Waals surface area contributed by atoms with E-state index in [0.717, 1.165) is 0 Å². The maximum Gasteiger partial charge on any atom is 0.265 e. The summed E-state index contributed by atoms with van der Waals surface area (Å²) < 4.78 is 43.1. The molecule has 2 aromatic carbocycles. The number of para-hydroxylation sites is 2. The molecule has 0 amide bonds. The Kier molecular flexibility index (Phi) is 4.77. The molecular formula is C15H17NO5S. The molecule has 2 aromatic rings. The molecule has 118 valence electrons. The Labute approximate surface area is 129 Å². The third kappa shape index (κ3) is 3.25. The largest absolute Gasteiger partial charge is 0.497 e. The SMILES string of the molecule is COc1ccc(OC)c(S(=O)(=O)Nc2ccccc2OC)c1. The van der Waals surface area contributed by atoms with Crippen LogP contribution < -0.4 is 18.9 Å². The van der Waals surface area contributed by atoms with Crippen molar-refractivity contribution in [3.05, 3.63) is 42.5 Å². The van der Waals surface area contributed by atoms with Crippen molar-refractivity contribution in [2.75, 3.05) is 26.1 Å². The average molecular weight is 323 g/mol. The summed E-state index contributed by atoms with van der Waals surface area (Å²) in [4.78, 5) is -0.0137. The van der Waals surface area contributed by atoms with E-state index in [4.69, 9.17) is 14.2 Å². The van der Waals surface area contributed by atoms with Crippen molar-refractivity contribution in [2.24, 2.45) is 0 Å². The second-order valence-electron chi connectivity index (χ2n) is 4.32. The van der Waals surface area contributed by atoms with Crippen molar-refractivity contribution in [2.45, 2.75) is 4.90 Å². The molecule has 0 saturated heterocycles. The smallest absolute Gasteiger partial charge is 0.265 e. The molecule has 7 heteroatoms. The third-order valence-electron chi connectivity index (χ3n) is 3.01. The van der Waals surface area contributed by atoms with Crippen LogP contribution in [-0.4, -0.2) is 29.7 Å². The summed E-state index contributed by atoms with van der Waals surface area (Å²) in [5.74, 6) is 1.07. The fraction of sp³-hybridized carbons (Fsp3) is 0.200. The van der Waals surface area contributed by atoms with Crippen molar-refractivity contribution >= 4 is 15.7 Å². The molecule has 0 heterocycles. The van der Waals surface area contributed by atoms with Crippen LogP contribution in [0.25, 0.3) is 0 Å². The minimum absolute atomic E-state index is 0.0137. The van der Waals surface area contributed by atoms with E-state index in [1.54, 1.807) is 30.3 Å². The van der Waals surface area contributed by atoms with Gasteiger partial charge in [-0.3, -0.25) is 4.72 Å². The lowest BCUT2D eigenvalue weighted by molar-refractivity contribution is 0.392. The van der Waals surface area contributed by atoms with Gasteiger partial charge in [-0.15, -0.1) is 0 Å². The minimum Gasteiger partial charge on any atom is -0.497 e. The van der Waals surface area contributed by atoms with E-state index in [9.17, 15) is 8.42 Å². The normalized spacial score (nSPS) is 10.9. The number of benzene rings is 2. The van der Waals surface area contributed by atoms with Crippen LogP contribution in [0.1, 0.15) is 0 Å². The lowest BCUT2D eigenvalue weighted by Gasteiger charge is -2.14. The Bertz CT molecular complexity index is 758. The van der Waals surface area contributed by atoms with E-state index >= 15 is 0 Å². The number of ether oxygens (including phenoxy) is 3. The Morgan fingerprint density at radius 2 is 1.55 bits per heavy atom. The predicted octanol–water partition coefficient (Wildman–Crippen LogP) is 2.51. The van der Waals surface area contributed by atoms with Crippen LogP contribution in [0.4, 0.5) is 5.69 Å². The van der Waals surface area contributed by atoms with E-state index in [1.165, 1.54) is 33.5 Å². The number of nitrogens with one attached hydrogen (secondary N) is 1. The molecule has 0 aliphatic carbocycles. The van der Waals surface area contributed by atoms with Crippen LogP contribution in [0.2, 0.25) is 0 Å². The molecule has 0 aromatic heterocycles. The molecular weight excluding hydrogens is 306 g/mol. The van der Waals surface area contributed by atoms with Gasteiger partial charge < -0.3 is 14.2 Å². The van der Waals surface area contributed by atoms with Gasteiger partial charge in [0.2, 0.25) is 0 Å². The molecule has 0 bridgehead atoms. The Balaban J connectivity index is 2.46. The quantitative estimate of drug-likeness (QED) is 0.884. The highest BCUT2D eigenvalue weighted by Gasteiger charge is 2.22. The van der Waals surface area contributed by atoms with Gasteiger partial charge in [-0.2, -0.15) is 0 Å². The Morgan fingerprint density at radius 1 is 0.864 bits per heavy atom. The van der Waals surface area contributed by atoms with Gasteiger partial charge >= 0.3 is 0 Å². The van der Waals surface area contributed by atoms with E-state index in [2.05, 4.69) is 4.72 Å². The molecule has 0 aliphatic rings. The van der Waals surface area contributed by atoms with Crippen molar-refractivity contribution < 1.29 is 22.6 Å². The van der Waals surface area contributed by atoms with Gasteiger partial charge in [0.25, 0.3) is 10.0 Å². The third-order valence-corrected chi connectivity index (χ3v) is 4.40. The first-order chi connectivity index (χ1) is 10.5. The Hall–Kier alpha value is -2.41. The number of hydrogen-bond donors (Lipinski definition) is 1. The highest BCUT2D eigenvalue weighted by Crippen LogP contribution is 2.32. The summed E-state index contributed by atoms with van der Waals surface area (Å²) in [5, 5.41) is 0. The summed E-state index contributed by atoms with van der Waals surface area (Å²) in [6.07, 6.45) is 0. The van der Waals surface area contributed by atoms with E-state index in [0.29, 0.717) is 17.2 Å². The molecule has 0 spiro atoms. The van der Waals surface area contributed by atoms with Gasteiger partial charge in [0, 0.05) is 6.07 Å². The maximum absolute atomic E-state index is 12.6. The van der Waals surface area contributed by atoms with E-state index < -0.39 is 10.0 Å². The zero-order valence-electron chi connectivity index (χ0n) is 12.5. The maximum atomic E-state index is 12.6. The monoisotopic (exact) mass is 323 g/mol. The molecule has 1 N–H and O–H groups in total. The first-order valence-corrected chi connectivity index (χ1v) is 7.88. The van der Waals surface area contributed by atoms with Gasteiger partial charge in [-0.05, 0) is 24.3 Å². The van der Waals surface area contributed by atoms with Crippen molar-refractivity contribution in [1.82, 2.24) is 0 Å². The second kappa shape index (κ2) is 6.57. The fourth-order valence-electron chi connectivity index (χ4n) is 1.92. The lowest BCUT2D eigenvalue weighted by Crippen LogP contribution is -2.14. The van der Waals surface area contributed by atoms with Crippen molar-refractivity contribution in [1.29, 1.82) is 0 Å². The minimum atomic E-state index is -3.86. The van der Waals surface area contributed by atoms with Crippen LogP contribution in [0.15, 0.2) is 47.4 Å². The highest BCUT2D eigenvalue weighted by atomic mass is 32.2. The van der Waals surface area contributed by atoms with Crippen LogP contribution in [-0.2, 0) is 10.0 Å². The van der Waals surface area contributed by atoms with E-state index in [-0.39, 0.29) is 10.6 Å². The molecule has 0 radical (unpaired) electrons. The molecule has 0 atom stereocenters. The van der Waals surface area contributed by atoms with Crippen molar-refractivity contribution in [3.8, 4) is 17.2 Å². The first-order valence-electron chi connectivity index (χ1n) is 6.39. The molecule has 22 heavy (non-hydrogen) atoms. The van der Waals surface area contributed by atoms with Crippen LogP contribution in [0, 0.1) is 0 Å². The summed E-state index contributed by atoms with van der Waals surface area (Å²) >= 11 is 0.